The second-order valence-corrected chi connectivity index (χ2v) is 5.92. The molecule has 1 rings (SSSR count). The van der Waals surface area contributed by atoms with Crippen molar-refractivity contribution in [2.24, 2.45) is 5.73 Å². The Morgan fingerprint density at radius 1 is 1.32 bits per heavy atom. The molecule has 0 spiro atoms. The zero-order valence-electron chi connectivity index (χ0n) is 11.5. The van der Waals surface area contributed by atoms with E-state index in [9.17, 15) is 8.42 Å². The summed E-state index contributed by atoms with van der Waals surface area (Å²) in [6.45, 7) is 5.10. The van der Waals surface area contributed by atoms with Crippen LogP contribution in [0.2, 0.25) is 0 Å². The maximum atomic E-state index is 12.1. The Labute approximate surface area is 115 Å². The molecule has 1 aromatic carbocycles. The summed E-state index contributed by atoms with van der Waals surface area (Å²) in [5.74, 6) is 0.637. The molecule has 1 aromatic rings. The van der Waals surface area contributed by atoms with Crippen LogP contribution in [0, 0.1) is 0 Å². The predicted octanol–water partition coefficient (Wildman–Crippen LogP) is 1.62. The minimum absolute atomic E-state index is 0.229. The number of nitrogens with two attached hydrogens (primary N) is 1. The van der Waals surface area contributed by atoms with Crippen LogP contribution in [0.4, 0.5) is 0 Å². The van der Waals surface area contributed by atoms with Crippen LogP contribution < -0.4 is 15.2 Å². The van der Waals surface area contributed by atoms with Crippen LogP contribution in [0.3, 0.4) is 0 Å². The van der Waals surface area contributed by atoms with Gasteiger partial charge in [-0.1, -0.05) is 13.3 Å². The maximum absolute atomic E-state index is 12.1. The first-order chi connectivity index (χ1) is 9.05. The first-order valence-electron chi connectivity index (χ1n) is 6.50. The summed E-state index contributed by atoms with van der Waals surface area (Å²) >= 11 is 0. The number of unbranched alkanes of at least 4 members (excludes halogenated alkanes) is 1. The van der Waals surface area contributed by atoms with Gasteiger partial charge >= 0.3 is 0 Å². The lowest BCUT2D eigenvalue weighted by atomic mass is 10.2. The van der Waals surface area contributed by atoms with Crippen molar-refractivity contribution < 1.29 is 13.2 Å². The highest BCUT2D eigenvalue weighted by molar-refractivity contribution is 7.89. The van der Waals surface area contributed by atoms with Crippen molar-refractivity contribution in [2.75, 3.05) is 13.2 Å². The van der Waals surface area contributed by atoms with Gasteiger partial charge in [-0.15, -0.1) is 0 Å². The third-order valence-corrected chi connectivity index (χ3v) is 4.14. The molecule has 0 heterocycles. The Bertz CT molecular complexity index is 501. The van der Waals surface area contributed by atoms with Gasteiger partial charge in [-0.05, 0) is 31.5 Å². The summed E-state index contributed by atoms with van der Waals surface area (Å²) in [6.07, 6.45) is 1.76. The summed E-state index contributed by atoms with van der Waals surface area (Å²) in [6, 6.07) is 4.76. The lowest BCUT2D eigenvalue weighted by Gasteiger charge is -2.11. The normalized spacial score (nSPS) is 11.5. The molecule has 0 unspecified atom stereocenters. The monoisotopic (exact) mass is 286 g/mol. The molecule has 5 nitrogen and oxygen atoms in total. The van der Waals surface area contributed by atoms with E-state index in [1.807, 2.05) is 13.8 Å². The fraction of sp³-hybridized carbons (Fsp3) is 0.538. The van der Waals surface area contributed by atoms with E-state index >= 15 is 0 Å². The number of hydrogen-bond acceptors (Lipinski definition) is 4. The molecule has 0 saturated carbocycles. The van der Waals surface area contributed by atoms with Crippen molar-refractivity contribution in [3.63, 3.8) is 0 Å². The Hall–Kier alpha value is -1.11. The molecule has 6 heteroatoms. The molecule has 19 heavy (non-hydrogen) atoms. The minimum atomic E-state index is -3.46. The van der Waals surface area contributed by atoms with E-state index in [1.54, 1.807) is 18.2 Å². The van der Waals surface area contributed by atoms with Crippen molar-refractivity contribution in [1.82, 2.24) is 4.72 Å². The third-order valence-electron chi connectivity index (χ3n) is 2.68. The zero-order valence-corrected chi connectivity index (χ0v) is 12.3. The standard InChI is InChI=1S/C13H22N2O3S/c1-3-5-8-15-19(16,17)12-6-7-13(18-4-2)11(9-12)10-14/h6-7,9,15H,3-5,8,10,14H2,1-2H3. The van der Waals surface area contributed by atoms with Gasteiger partial charge in [0.25, 0.3) is 0 Å². The van der Waals surface area contributed by atoms with Crippen molar-refractivity contribution in [3.8, 4) is 5.75 Å². The van der Waals surface area contributed by atoms with Crippen LogP contribution in [0.25, 0.3) is 0 Å². The van der Waals surface area contributed by atoms with Crippen LogP contribution in [0.1, 0.15) is 32.3 Å². The van der Waals surface area contributed by atoms with E-state index in [4.69, 9.17) is 10.5 Å². The van der Waals surface area contributed by atoms with E-state index in [0.717, 1.165) is 12.8 Å². The molecule has 0 radical (unpaired) electrons. The molecule has 0 fully saturated rings. The fourth-order valence-corrected chi connectivity index (χ4v) is 2.77. The van der Waals surface area contributed by atoms with E-state index in [-0.39, 0.29) is 11.4 Å². The molecule has 0 amide bonds. The average molecular weight is 286 g/mol. The van der Waals surface area contributed by atoms with Gasteiger partial charge < -0.3 is 10.5 Å². The highest BCUT2D eigenvalue weighted by Gasteiger charge is 2.15. The molecule has 0 aromatic heterocycles. The van der Waals surface area contributed by atoms with E-state index in [2.05, 4.69) is 4.72 Å². The molecule has 0 atom stereocenters. The molecule has 0 aliphatic rings. The van der Waals surface area contributed by atoms with E-state index in [0.29, 0.717) is 24.5 Å². The van der Waals surface area contributed by atoms with Crippen LogP contribution in [0.15, 0.2) is 23.1 Å². The number of hydrogen-bond donors (Lipinski definition) is 2. The quantitative estimate of drug-likeness (QED) is 0.712. The lowest BCUT2D eigenvalue weighted by molar-refractivity contribution is 0.336. The van der Waals surface area contributed by atoms with Crippen LogP contribution >= 0.6 is 0 Å². The summed E-state index contributed by atoms with van der Waals surface area (Å²) in [5.41, 5.74) is 6.31. The number of nitrogens with one attached hydrogen (secondary N) is 1. The Kier molecular flexibility index (Phi) is 6.27. The summed E-state index contributed by atoms with van der Waals surface area (Å²) in [4.78, 5) is 0.229. The van der Waals surface area contributed by atoms with Crippen molar-refractivity contribution in [1.29, 1.82) is 0 Å². The average Bonchev–Trinajstić information content (AvgIpc) is 2.39. The second kappa shape index (κ2) is 7.47. The molecule has 3 N–H and O–H groups in total. The van der Waals surface area contributed by atoms with Gasteiger partial charge in [0, 0.05) is 18.7 Å². The number of rotatable bonds is 8. The van der Waals surface area contributed by atoms with Gasteiger partial charge in [-0.2, -0.15) is 0 Å². The Balaban J connectivity index is 2.94. The maximum Gasteiger partial charge on any atom is 0.240 e. The fourth-order valence-electron chi connectivity index (χ4n) is 1.65. The molecular formula is C13H22N2O3S. The van der Waals surface area contributed by atoms with Crippen molar-refractivity contribution in [3.05, 3.63) is 23.8 Å². The van der Waals surface area contributed by atoms with Crippen LogP contribution in [-0.2, 0) is 16.6 Å². The summed E-state index contributed by atoms with van der Waals surface area (Å²) < 4.78 is 32.1. The molecule has 0 aliphatic heterocycles. The number of benzene rings is 1. The zero-order chi connectivity index (χ0) is 14.3. The number of ether oxygens (including phenoxy) is 1. The molecular weight excluding hydrogens is 264 g/mol. The summed E-state index contributed by atoms with van der Waals surface area (Å²) in [7, 11) is -3.46. The molecule has 0 aliphatic carbocycles. The smallest absolute Gasteiger partial charge is 0.240 e. The topological polar surface area (TPSA) is 81.4 Å². The van der Waals surface area contributed by atoms with Gasteiger partial charge in [0.2, 0.25) is 10.0 Å². The molecule has 0 bridgehead atoms. The lowest BCUT2D eigenvalue weighted by Crippen LogP contribution is -2.25. The van der Waals surface area contributed by atoms with Crippen molar-refractivity contribution >= 4 is 10.0 Å². The highest BCUT2D eigenvalue weighted by atomic mass is 32.2. The first-order valence-corrected chi connectivity index (χ1v) is 7.99. The van der Waals surface area contributed by atoms with Crippen LogP contribution in [-0.4, -0.2) is 21.6 Å². The largest absolute Gasteiger partial charge is 0.494 e. The Morgan fingerprint density at radius 2 is 2.05 bits per heavy atom. The number of sulfonamides is 1. The van der Waals surface area contributed by atoms with Gasteiger partial charge in [-0.3, -0.25) is 0 Å². The highest BCUT2D eigenvalue weighted by Crippen LogP contribution is 2.22. The van der Waals surface area contributed by atoms with Gasteiger partial charge in [0.05, 0.1) is 11.5 Å². The third kappa shape index (κ3) is 4.49. The van der Waals surface area contributed by atoms with Crippen molar-refractivity contribution in [2.45, 2.75) is 38.1 Å². The SMILES string of the molecule is CCCCNS(=O)(=O)c1ccc(OCC)c(CN)c1. The van der Waals surface area contributed by atoms with Crippen LogP contribution in [0.5, 0.6) is 5.75 Å². The first kappa shape index (κ1) is 15.9. The van der Waals surface area contributed by atoms with Gasteiger partial charge in [-0.25, -0.2) is 13.1 Å². The van der Waals surface area contributed by atoms with E-state index in [1.165, 1.54) is 0 Å². The summed E-state index contributed by atoms with van der Waals surface area (Å²) in [5, 5.41) is 0. The predicted molar refractivity (Wildman–Crippen MR) is 75.6 cm³/mol. The van der Waals surface area contributed by atoms with E-state index < -0.39 is 10.0 Å². The molecule has 108 valence electrons. The Morgan fingerprint density at radius 3 is 2.63 bits per heavy atom. The minimum Gasteiger partial charge on any atom is -0.494 e. The molecule has 0 saturated heterocycles. The second-order valence-electron chi connectivity index (χ2n) is 4.16. The van der Waals surface area contributed by atoms with Gasteiger partial charge in [0.1, 0.15) is 5.75 Å². The van der Waals surface area contributed by atoms with Gasteiger partial charge in [0.15, 0.2) is 0 Å².